The van der Waals surface area contributed by atoms with Crippen LogP contribution in [0.2, 0.25) is 0 Å². The topological polar surface area (TPSA) is 30.5 Å². The third-order valence-electron chi connectivity index (χ3n) is 2.17. The molecule has 0 unspecified atom stereocenters. The second kappa shape index (κ2) is 7.56. The molecule has 0 heterocycles. The normalized spacial score (nSPS) is 10.6. The van der Waals surface area contributed by atoms with Crippen molar-refractivity contribution in [1.29, 1.82) is 0 Å². The number of benzene rings is 1. The predicted octanol–water partition coefficient (Wildman–Crippen LogP) is 3.54. The van der Waals surface area contributed by atoms with E-state index in [4.69, 9.17) is 9.47 Å². The Kier molecular flexibility index (Phi) is 6.37. The predicted molar refractivity (Wildman–Crippen MR) is 74.8 cm³/mol. The number of rotatable bonds is 7. The molecule has 17 heavy (non-hydrogen) atoms. The van der Waals surface area contributed by atoms with Gasteiger partial charge in [-0.15, -0.1) is 0 Å². The van der Waals surface area contributed by atoms with Crippen molar-refractivity contribution in [3.05, 3.63) is 22.7 Å². The van der Waals surface area contributed by atoms with Gasteiger partial charge in [0.25, 0.3) is 0 Å². The first-order valence-electron chi connectivity index (χ1n) is 5.78. The van der Waals surface area contributed by atoms with Gasteiger partial charge in [-0.2, -0.15) is 0 Å². The molecule has 0 fully saturated rings. The quantitative estimate of drug-likeness (QED) is 0.781. The Morgan fingerprint density at radius 3 is 2.76 bits per heavy atom. The molecule has 1 rings (SSSR count). The Hall–Kier alpha value is -0.740. The summed E-state index contributed by atoms with van der Waals surface area (Å²) in [4.78, 5) is 0. The molecule has 0 saturated carbocycles. The first-order valence-corrected chi connectivity index (χ1v) is 6.58. The van der Waals surface area contributed by atoms with Crippen molar-refractivity contribution in [3.63, 3.8) is 0 Å². The van der Waals surface area contributed by atoms with Crippen molar-refractivity contribution >= 4 is 21.6 Å². The Balaban J connectivity index is 2.37. The number of anilines is 1. The standard InChI is InChI=1S/C13H20BrNO2/c1-10(2)9-17-7-6-15-12-8-11(14)4-5-13(12)16-3/h4-5,8,10,15H,6-7,9H2,1-3H3. The number of halogens is 1. The summed E-state index contributed by atoms with van der Waals surface area (Å²) >= 11 is 3.44. The van der Waals surface area contributed by atoms with E-state index >= 15 is 0 Å². The number of hydrogen-bond donors (Lipinski definition) is 1. The molecule has 0 bridgehead atoms. The van der Waals surface area contributed by atoms with Gasteiger partial charge in [-0.25, -0.2) is 0 Å². The molecule has 1 N–H and O–H groups in total. The summed E-state index contributed by atoms with van der Waals surface area (Å²) in [6, 6.07) is 5.89. The van der Waals surface area contributed by atoms with E-state index in [2.05, 4.69) is 35.1 Å². The van der Waals surface area contributed by atoms with Crippen LogP contribution in [-0.2, 0) is 4.74 Å². The zero-order valence-electron chi connectivity index (χ0n) is 10.6. The summed E-state index contributed by atoms with van der Waals surface area (Å²) in [7, 11) is 1.67. The second-order valence-electron chi connectivity index (χ2n) is 4.24. The molecule has 0 aliphatic heterocycles. The number of hydrogen-bond acceptors (Lipinski definition) is 3. The average molecular weight is 302 g/mol. The fourth-order valence-electron chi connectivity index (χ4n) is 1.40. The van der Waals surface area contributed by atoms with E-state index in [1.54, 1.807) is 7.11 Å². The van der Waals surface area contributed by atoms with E-state index in [9.17, 15) is 0 Å². The van der Waals surface area contributed by atoms with Crippen LogP contribution < -0.4 is 10.1 Å². The van der Waals surface area contributed by atoms with Gasteiger partial charge in [0.05, 0.1) is 19.4 Å². The van der Waals surface area contributed by atoms with Crippen LogP contribution in [0.25, 0.3) is 0 Å². The van der Waals surface area contributed by atoms with Crippen molar-refractivity contribution in [2.75, 3.05) is 32.2 Å². The highest BCUT2D eigenvalue weighted by atomic mass is 79.9. The van der Waals surface area contributed by atoms with Crippen molar-refractivity contribution in [1.82, 2.24) is 0 Å². The van der Waals surface area contributed by atoms with Gasteiger partial charge in [0.15, 0.2) is 0 Å². The average Bonchev–Trinajstić information content (AvgIpc) is 2.28. The molecule has 0 radical (unpaired) electrons. The maximum absolute atomic E-state index is 5.51. The number of methoxy groups -OCH3 is 1. The van der Waals surface area contributed by atoms with Crippen LogP contribution in [0.1, 0.15) is 13.8 Å². The summed E-state index contributed by atoms with van der Waals surface area (Å²) < 4.78 is 11.8. The largest absolute Gasteiger partial charge is 0.495 e. The third-order valence-corrected chi connectivity index (χ3v) is 2.67. The van der Waals surface area contributed by atoms with Crippen LogP contribution in [-0.4, -0.2) is 26.9 Å². The SMILES string of the molecule is COc1ccc(Br)cc1NCCOCC(C)C. The Morgan fingerprint density at radius 2 is 2.12 bits per heavy atom. The Morgan fingerprint density at radius 1 is 1.35 bits per heavy atom. The lowest BCUT2D eigenvalue weighted by Gasteiger charge is -2.12. The molecule has 0 atom stereocenters. The van der Waals surface area contributed by atoms with Gasteiger partial charge >= 0.3 is 0 Å². The molecule has 4 heteroatoms. The van der Waals surface area contributed by atoms with Gasteiger partial charge in [0, 0.05) is 17.6 Å². The lowest BCUT2D eigenvalue weighted by molar-refractivity contribution is 0.118. The molecule has 1 aromatic rings. The van der Waals surface area contributed by atoms with E-state index in [1.165, 1.54) is 0 Å². The molecule has 0 aliphatic rings. The van der Waals surface area contributed by atoms with Crippen molar-refractivity contribution in [2.45, 2.75) is 13.8 Å². The van der Waals surface area contributed by atoms with Crippen molar-refractivity contribution in [2.24, 2.45) is 5.92 Å². The van der Waals surface area contributed by atoms with Gasteiger partial charge < -0.3 is 14.8 Å². The monoisotopic (exact) mass is 301 g/mol. The molecule has 1 aromatic carbocycles. The minimum atomic E-state index is 0.579. The smallest absolute Gasteiger partial charge is 0.142 e. The highest BCUT2D eigenvalue weighted by Crippen LogP contribution is 2.27. The van der Waals surface area contributed by atoms with Crippen LogP contribution in [0.3, 0.4) is 0 Å². The van der Waals surface area contributed by atoms with E-state index in [0.717, 1.165) is 29.1 Å². The van der Waals surface area contributed by atoms with Gasteiger partial charge in [-0.3, -0.25) is 0 Å². The van der Waals surface area contributed by atoms with E-state index in [-0.39, 0.29) is 0 Å². The minimum absolute atomic E-state index is 0.579. The van der Waals surface area contributed by atoms with E-state index in [1.807, 2.05) is 18.2 Å². The Labute approximate surface area is 112 Å². The van der Waals surface area contributed by atoms with Crippen LogP contribution >= 0.6 is 15.9 Å². The summed E-state index contributed by atoms with van der Waals surface area (Å²) in [6.07, 6.45) is 0. The van der Waals surface area contributed by atoms with Gasteiger partial charge in [0.2, 0.25) is 0 Å². The summed E-state index contributed by atoms with van der Waals surface area (Å²) in [5, 5.41) is 3.30. The first-order chi connectivity index (χ1) is 8.13. The molecule has 96 valence electrons. The molecular weight excluding hydrogens is 282 g/mol. The van der Waals surface area contributed by atoms with E-state index in [0.29, 0.717) is 12.5 Å². The van der Waals surface area contributed by atoms with Gasteiger partial charge in [0.1, 0.15) is 5.75 Å². The third kappa shape index (κ3) is 5.41. The van der Waals surface area contributed by atoms with Crippen LogP contribution in [0, 0.1) is 5.92 Å². The first kappa shape index (κ1) is 14.3. The molecule has 0 saturated heterocycles. The zero-order valence-corrected chi connectivity index (χ0v) is 12.2. The van der Waals surface area contributed by atoms with Crippen LogP contribution in [0.15, 0.2) is 22.7 Å². The Bertz CT molecular complexity index is 342. The lowest BCUT2D eigenvalue weighted by atomic mass is 10.2. The summed E-state index contributed by atoms with van der Waals surface area (Å²) in [5.74, 6) is 1.42. The molecule has 0 amide bonds. The maximum Gasteiger partial charge on any atom is 0.142 e. The van der Waals surface area contributed by atoms with Crippen molar-refractivity contribution < 1.29 is 9.47 Å². The fourth-order valence-corrected chi connectivity index (χ4v) is 1.76. The second-order valence-corrected chi connectivity index (χ2v) is 5.16. The molecular formula is C13H20BrNO2. The molecule has 0 aromatic heterocycles. The highest BCUT2D eigenvalue weighted by Gasteiger charge is 2.02. The van der Waals surface area contributed by atoms with Gasteiger partial charge in [-0.1, -0.05) is 29.8 Å². The van der Waals surface area contributed by atoms with E-state index < -0.39 is 0 Å². The highest BCUT2D eigenvalue weighted by molar-refractivity contribution is 9.10. The number of ether oxygens (including phenoxy) is 2. The fraction of sp³-hybridized carbons (Fsp3) is 0.538. The minimum Gasteiger partial charge on any atom is -0.495 e. The lowest BCUT2D eigenvalue weighted by Crippen LogP contribution is -2.12. The summed E-state index contributed by atoms with van der Waals surface area (Å²) in [5.41, 5.74) is 0.982. The molecule has 0 aliphatic carbocycles. The van der Waals surface area contributed by atoms with Gasteiger partial charge in [-0.05, 0) is 24.1 Å². The van der Waals surface area contributed by atoms with Crippen LogP contribution in [0.5, 0.6) is 5.75 Å². The van der Waals surface area contributed by atoms with Crippen LogP contribution in [0.4, 0.5) is 5.69 Å². The van der Waals surface area contributed by atoms with Crippen molar-refractivity contribution in [3.8, 4) is 5.75 Å². The zero-order chi connectivity index (χ0) is 12.7. The molecule has 3 nitrogen and oxygen atoms in total. The number of nitrogens with one attached hydrogen (secondary N) is 1. The maximum atomic E-state index is 5.51. The summed E-state index contributed by atoms with van der Waals surface area (Å²) in [6.45, 7) is 6.57. The molecule has 0 spiro atoms.